The summed E-state index contributed by atoms with van der Waals surface area (Å²) in [6.07, 6.45) is 2.51. The highest BCUT2D eigenvalue weighted by atomic mass is 79.9. The highest BCUT2D eigenvalue weighted by molar-refractivity contribution is 9.10. The van der Waals surface area contributed by atoms with Crippen LogP contribution in [0.15, 0.2) is 53.0 Å². The van der Waals surface area contributed by atoms with Crippen LogP contribution in [0.2, 0.25) is 0 Å². The third-order valence-electron chi connectivity index (χ3n) is 2.72. The number of halogens is 1. The first-order chi connectivity index (χ1) is 10.2. The average molecular weight is 366 g/mol. The monoisotopic (exact) mass is 365 g/mol. The van der Waals surface area contributed by atoms with Crippen molar-refractivity contribution in [1.29, 1.82) is 0 Å². The Labute approximate surface area is 137 Å². The van der Waals surface area contributed by atoms with Crippen LogP contribution in [-0.2, 0) is 4.79 Å². The second-order valence-electron chi connectivity index (χ2n) is 4.37. The predicted octanol–water partition coefficient (Wildman–Crippen LogP) is 4.93. The molecule has 1 N–H and O–H groups in total. The molecule has 0 aliphatic carbocycles. The fraction of sp³-hybridized carbons (Fsp3) is 0.188. The number of amides is 1. The summed E-state index contributed by atoms with van der Waals surface area (Å²) in [5.41, 5.74) is 0.782. The minimum Gasteiger partial charge on any atom is -0.457 e. The molecule has 2 aromatic rings. The van der Waals surface area contributed by atoms with E-state index < -0.39 is 0 Å². The van der Waals surface area contributed by atoms with Crippen LogP contribution in [0.5, 0.6) is 11.5 Å². The van der Waals surface area contributed by atoms with E-state index in [2.05, 4.69) is 21.2 Å². The van der Waals surface area contributed by atoms with E-state index in [1.807, 2.05) is 54.8 Å². The maximum atomic E-state index is 11.6. The van der Waals surface area contributed by atoms with Crippen LogP contribution in [0.3, 0.4) is 0 Å². The standard InChI is InChI=1S/C16H16BrNO2S/c1-21-11-10-16(19)18-13-4-8-15(9-5-13)20-14-6-2-12(17)3-7-14/h2-9H,10-11H2,1H3,(H,18,19). The SMILES string of the molecule is CSCCC(=O)Nc1ccc(Oc2ccc(Br)cc2)cc1. The molecule has 0 unspecified atom stereocenters. The summed E-state index contributed by atoms with van der Waals surface area (Å²) < 4.78 is 6.73. The number of thioether (sulfide) groups is 1. The zero-order valence-electron chi connectivity index (χ0n) is 11.6. The molecule has 110 valence electrons. The van der Waals surface area contributed by atoms with E-state index in [1.54, 1.807) is 11.8 Å². The summed E-state index contributed by atoms with van der Waals surface area (Å²) in [6, 6.07) is 15.0. The van der Waals surface area contributed by atoms with Gasteiger partial charge in [-0.2, -0.15) is 11.8 Å². The molecule has 2 rings (SSSR count). The number of nitrogens with one attached hydrogen (secondary N) is 1. The summed E-state index contributed by atoms with van der Waals surface area (Å²) in [4.78, 5) is 11.6. The lowest BCUT2D eigenvalue weighted by Gasteiger charge is -2.08. The Kier molecular flexibility index (Phi) is 6.14. The molecule has 0 aliphatic rings. The van der Waals surface area contributed by atoms with E-state index in [0.717, 1.165) is 27.4 Å². The van der Waals surface area contributed by atoms with Gasteiger partial charge in [-0.25, -0.2) is 0 Å². The molecule has 0 aromatic heterocycles. The summed E-state index contributed by atoms with van der Waals surface area (Å²) >= 11 is 5.04. The topological polar surface area (TPSA) is 38.3 Å². The van der Waals surface area contributed by atoms with Crippen molar-refractivity contribution >= 4 is 39.3 Å². The van der Waals surface area contributed by atoms with Crippen molar-refractivity contribution < 1.29 is 9.53 Å². The molecule has 2 aromatic carbocycles. The van der Waals surface area contributed by atoms with Crippen LogP contribution in [0, 0.1) is 0 Å². The fourth-order valence-electron chi connectivity index (χ4n) is 1.66. The van der Waals surface area contributed by atoms with Gasteiger partial charge in [0.1, 0.15) is 11.5 Å². The third-order valence-corrected chi connectivity index (χ3v) is 3.86. The van der Waals surface area contributed by atoms with Gasteiger partial charge in [-0.1, -0.05) is 15.9 Å². The molecular formula is C16H16BrNO2S. The lowest BCUT2D eigenvalue weighted by atomic mass is 10.3. The highest BCUT2D eigenvalue weighted by Gasteiger charge is 2.02. The Morgan fingerprint density at radius 3 is 2.24 bits per heavy atom. The zero-order valence-corrected chi connectivity index (χ0v) is 14.0. The number of benzene rings is 2. The van der Waals surface area contributed by atoms with Crippen LogP contribution >= 0.6 is 27.7 Å². The number of ether oxygens (including phenoxy) is 1. The largest absolute Gasteiger partial charge is 0.457 e. The Morgan fingerprint density at radius 1 is 1.10 bits per heavy atom. The lowest BCUT2D eigenvalue weighted by Crippen LogP contribution is -2.11. The van der Waals surface area contributed by atoms with Crippen molar-refractivity contribution in [3.05, 3.63) is 53.0 Å². The lowest BCUT2D eigenvalue weighted by molar-refractivity contribution is -0.115. The molecule has 0 saturated carbocycles. The molecule has 0 saturated heterocycles. The fourth-order valence-corrected chi connectivity index (χ4v) is 2.32. The van der Waals surface area contributed by atoms with Crippen LogP contribution in [0.1, 0.15) is 6.42 Å². The minimum atomic E-state index is 0.0333. The van der Waals surface area contributed by atoms with E-state index in [4.69, 9.17) is 4.74 Å². The summed E-state index contributed by atoms with van der Waals surface area (Å²) in [5.74, 6) is 2.37. The van der Waals surface area contributed by atoms with Crippen molar-refractivity contribution in [2.24, 2.45) is 0 Å². The second-order valence-corrected chi connectivity index (χ2v) is 6.27. The van der Waals surface area contributed by atoms with Crippen LogP contribution in [-0.4, -0.2) is 17.9 Å². The minimum absolute atomic E-state index is 0.0333. The summed E-state index contributed by atoms with van der Waals surface area (Å²) in [6.45, 7) is 0. The van der Waals surface area contributed by atoms with Crippen molar-refractivity contribution in [2.75, 3.05) is 17.3 Å². The Hall–Kier alpha value is -1.46. The first kappa shape index (κ1) is 15.9. The summed E-state index contributed by atoms with van der Waals surface area (Å²) in [5, 5.41) is 2.86. The van der Waals surface area contributed by atoms with Gasteiger partial charge >= 0.3 is 0 Å². The smallest absolute Gasteiger partial charge is 0.225 e. The van der Waals surface area contributed by atoms with Gasteiger partial charge in [0.15, 0.2) is 0 Å². The van der Waals surface area contributed by atoms with Crippen LogP contribution < -0.4 is 10.1 Å². The molecule has 5 heteroatoms. The first-order valence-corrected chi connectivity index (χ1v) is 8.68. The quantitative estimate of drug-likeness (QED) is 0.788. The first-order valence-electron chi connectivity index (χ1n) is 6.49. The van der Waals surface area contributed by atoms with Crippen LogP contribution in [0.25, 0.3) is 0 Å². The normalized spacial score (nSPS) is 10.2. The Bertz CT molecular complexity index is 584. The maximum absolute atomic E-state index is 11.6. The molecule has 0 radical (unpaired) electrons. The van der Waals surface area contributed by atoms with Crippen molar-refractivity contribution in [2.45, 2.75) is 6.42 Å². The maximum Gasteiger partial charge on any atom is 0.225 e. The van der Waals surface area contributed by atoms with E-state index in [1.165, 1.54) is 0 Å². The molecule has 0 aliphatic heterocycles. The van der Waals surface area contributed by atoms with Crippen molar-refractivity contribution in [3.8, 4) is 11.5 Å². The van der Waals surface area contributed by atoms with Gasteiger partial charge in [0.2, 0.25) is 5.91 Å². The molecule has 0 atom stereocenters. The zero-order chi connectivity index (χ0) is 15.1. The number of hydrogen-bond acceptors (Lipinski definition) is 3. The third kappa shape index (κ3) is 5.44. The Morgan fingerprint density at radius 2 is 1.67 bits per heavy atom. The van der Waals surface area contributed by atoms with E-state index in [9.17, 15) is 4.79 Å². The summed E-state index contributed by atoms with van der Waals surface area (Å²) in [7, 11) is 0. The van der Waals surface area contributed by atoms with Gasteiger partial charge in [0.25, 0.3) is 0 Å². The molecule has 3 nitrogen and oxygen atoms in total. The van der Waals surface area contributed by atoms with Crippen molar-refractivity contribution in [1.82, 2.24) is 0 Å². The van der Waals surface area contributed by atoms with E-state index in [0.29, 0.717) is 6.42 Å². The second kappa shape index (κ2) is 8.10. The van der Waals surface area contributed by atoms with Gasteiger partial charge in [0.05, 0.1) is 0 Å². The average Bonchev–Trinajstić information content (AvgIpc) is 2.49. The molecule has 0 bridgehead atoms. The predicted molar refractivity (Wildman–Crippen MR) is 92.3 cm³/mol. The number of carbonyl (C=O) groups is 1. The van der Waals surface area contributed by atoms with E-state index in [-0.39, 0.29) is 5.91 Å². The molecule has 0 heterocycles. The Balaban J connectivity index is 1.92. The van der Waals surface area contributed by atoms with Gasteiger partial charge in [-0.05, 0) is 54.8 Å². The number of carbonyl (C=O) groups excluding carboxylic acids is 1. The van der Waals surface area contributed by atoms with Gasteiger partial charge < -0.3 is 10.1 Å². The van der Waals surface area contributed by atoms with Crippen LogP contribution in [0.4, 0.5) is 5.69 Å². The van der Waals surface area contributed by atoms with Crippen molar-refractivity contribution in [3.63, 3.8) is 0 Å². The number of hydrogen-bond donors (Lipinski definition) is 1. The van der Waals surface area contributed by atoms with Gasteiger partial charge in [-0.15, -0.1) is 0 Å². The molecule has 21 heavy (non-hydrogen) atoms. The molecular weight excluding hydrogens is 350 g/mol. The molecule has 0 spiro atoms. The number of anilines is 1. The van der Waals surface area contributed by atoms with E-state index >= 15 is 0 Å². The number of rotatable bonds is 6. The molecule has 0 fully saturated rings. The molecule has 1 amide bonds. The van der Waals surface area contributed by atoms with Gasteiger partial charge in [-0.3, -0.25) is 4.79 Å². The highest BCUT2D eigenvalue weighted by Crippen LogP contribution is 2.24. The van der Waals surface area contributed by atoms with Gasteiger partial charge in [0, 0.05) is 22.3 Å².